The minimum Gasteiger partial charge on any atom is -0.466 e. The van der Waals surface area contributed by atoms with Gasteiger partial charge in [-0.15, -0.1) is 0 Å². The van der Waals surface area contributed by atoms with E-state index in [4.69, 9.17) is 14.2 Å². The first-order valence-electron chi connectivity index (χ1n) is 30.2. The summed E-state index contributed by atoms with van der Waals surface area (Å²) in [5.74, 6) is 0.951. The molecule has 9 nitrogen and oxygen atoms in total. The standard InChI is InChI=1S/C60H116N2O7/c1-7-12-16-20-23-31-42-54(40-29-18-14-9-3)52-68-59(65)48-37-27-33-44-56(62(51-39-50-61-6)57(63)46-35-25-22-26-36-47-58(64)67-11-5)45-34-28-38-49-60(66)69-53-55(41-30-19-15-10-4)43-32-24-21-17-13-8-2/h54-56,61H,7-53H2,1-6H3. The van der Waals surface area contributed by atoms with Crippen molar-refractivity contribution in [2.75, 3.05) is 40.0 Å². The van der Waals surface area contributed by atoms with Gasteiger partial charge in [-0.2, -0.15) is 0 Å². The molecule has 0 aliphatic carbocycles. The number of carbonyl (C=O) groups is 4. The van der Waals surface area contributed by atoms with E-state index in [1.807, 2.05) is 14.0 Å². The molecule has 0 aliphatic heterocycles. The smallest absolute Gasteiger partial charge is 0.305 e. The lowest BCUT2D eigenvalue weighted by Gasteiger charge is -2.33. The van der Waals surface area contributed by atoms with Crippen LogP contribution in [0.2, 0.25) is 0 Å². The van der Waals surface area contributed by atoms with Gasteiger partial charge >= 0.3 is 17.9 Å². The van der Waals surface area contributed by atoms with E-state index >= 15 is 0 Å². The third kappa shape index (κ3) is 44.3. The van der Waals surface area contributed by atoms with Gasteiger partial charge in [-0.05, 0) is 103 Å². The Morgan fingerprint density at radius 3 is 1.09 bits per heavy atom. The number of ether oxygens (including phenoxy) is 3. The van der Waals surface area contributed by atoms with E-state index < -0.39 is 0 Å². The van der Waals surface area contributed by atoms with Crippen molar-refractivity contribution in [1.29, 1.82) is 0 Å². The van der Waals surface area contributed by atoms with Crippen LogP contribution in [-0.2, 0) is 33.4 Å². The number of esters is 3. The second-order valence-corrected chi connectivity index (χ2v) is 20.9. The summed E-state index contributed by atoms with van der Waals surface area (Å²) >= 11 is 0. The van der Waals surface area contributed by atoms with Crippen LogP contribution in [0, 0.1) is 11.8 Å². The van der Waals surface area contributed by atoms with Gasteiger partial charge in [-0.3, -0.25) is 19.2 Å². The highest BCUT2D eigenvalue weighted by molar-refractivity contribution is 5.76. The van der Waals surface area contributed by atoms with Crippen LogP contribution in [0.5, 0.6) is 0 Å². The lowest BCUT2D eigenvalue weighted by atomic mass is 9.95. The van der Waals surface area contributed by atoms with Gasteiger partial charge in [0, 0.05) is 38.3 Å². The van der Waals surface area contributed by atoms with Crippen LogP contribution in [-0.4, -0.2) is 74.7 Å². The maximum atomic E-state index is 14.0. The maximum absolute atomic E-state index is 14.0. The summed E-state index contributed by atoms with van der Waals surface area (Å²) in [6.45, 7) is 14.0. The molecule has 0 heterocycles. The number of hydrogen-bond acceptors (Lipinski definition) is 8. The first-order chi connectivity index (χ1) is 33.8. The summed E-state index contributed by atoms with van der Waals surface area (Å²) in [5, 5.41) is 3.27. The average Bonchev–Trinajstić information content (AvgIpc) is 3.34. The Kier molecular flexibility index (Phi) is 50.5. The summed E-state index contributed by atoms with van der Waals surface area (Å²) in [6, 6.07) is 0.142. The van der Waals surface area contributed by atoms with E-state index in [2.05, 4.69) is 37.9 Å². The summed E-state index contributed by atoms with van der Waals surface area (Å²) in [6.07, 6.45) is 45.0. The van der Waals surface area contributed by atoms with E-state index in [0.29, 0.717) is 57.3 Å². The van der Waals surface area contributed by atoms with Crippen molar-refractivity contribution in [2.24, 2.45) is 11.8 Å². The van der Waals surface area contributed by atoms with Gasteiger partial charge in [0.15, 0.2) is 0 Å². The van der Waals surface area contributed by atoms with Crippen LogP contribution in [0.25, 0.3) is 0 Å². The highest BCUT2D eigenvalue weighted by Crippen LogP contribution is 2.24. The SMILES string of the molecule is CCCCCCCCC(CCCCCC)COC(=O)CCCCCC(CCCCCC(=O)OCC(CCCCCC)CCCCCCCC)N(CCCNC)C(=O)CCCCCCCC(=O)OCC. The fourth-order valence-corrected chi connectivity index (χ4v) is 9.83. The molecule has 0 saturated carbocycles. The molecule has 69 heavy (non-hydrogen) atoms. The van der Waals surface area contributed by atoms with Crippen LogP contribution in [0.4, 0.5) is 0 Å². The van der Waals surface area contributed by atoms with Crippen molar-refractivity contribution < 1.29 is 33.4 Å². The van der Waals surface area contributed by atoms with Crippen molar-refractivity contribution in [3.05, 3.63) is 0 Å². The second kappa shape index (κ2) is 52.2. The third-order valence-electron chi connectivity index (χ3n) is 14.3. The minimum absolute atomic E-state index is 0.0587. The molecule has 0 aromatic carbocycles. The zero-order valence-corrected chi connectivity index (χ0v) is 46.8. The molecule has 408 valence electrons. The average molecular weight is 978 g/mol. The predicted octanol–water partition coefficient (Wildman–Crippen LogP) is 16.7. The maximum Gasteiger partial charge on any atom is 0.305 e. The molecule has 0 saturated heterocycles. The Hall–Kier alpha value is -2.16. The molecule has 0 radical (unpaired) electrons. The topological polar surface area (TPSA) is 111 Å². The van der Waals surface area contributed by atoms with Crippen LogP contribution in [0.15, 0.2) is 0 Å². The Balaban J connectivity index is 5.37. The Labute approximate surface area is 428 Å². The van der Waals surface area contributed by atoms with E-state index in [1.54, 1.807) is 0 Å². The van der Waals surface area contributed by atoms with Gasteiger partial charge in [-0.1, -0.05) is 201 Å². The normalized spacial score (nSPS) is 12.7. The van der Waals surface area contributed by atoms with Gasteiger partial charge in [-0.25, -0.2) is 0 Å². The van der Waals surface area contributed by atoms with Crippen LogP contribution >= 0.6 is 0 Å². The molecule has 1 N–H and O–H groups in total. The molecule has 2 atom stereocenters. The fraction of sp³-hybridized carbons (Fsp3) is 0.933. The largest absolute Gasteiger partial charge is 0.466 e. The van der Waals surface area contributed by atoms with Gasteiger partial charge in [0.05, 0.1) is 19.8 Å². The lowest BCUT2D eigenvalue weighted by molar-refractivity contribution is -0.146. The Morgan fingerprint density at radius 2 is 0.696 bits per heavy atom. The molecule has 0 rings (SSSR count). The zero-order chi connectivity index (χ0) is 50.7. The van der Waals surface area contributed by atoms with Crippen LogP contribution in [0.3, 0.4) is 0 Å². The molecule has 0 bridgehead atoms. The van der Waals surface area contributed by atoms with Crippen molar-refractivity contribution in [1.82, 2.24) is 10.2 Å². The van der Waals surface area contributed by atoms with E-state index in [1.165, 1.54) is 128 Å². The molecular formula is C60H116N2O7. The summed E-state index contributed by atoms with van der Waals surface area (Å²) in [5.41, 5.74) is 0. The van der Waals surface area contributed by atoms with Crippen LogP contribution < -0.4 is 5.32 Å². The second-order valence-electron chi connectivity index (χ2n) is 20.9. The zero-order valence-electron chi connectivity index (χ0n) is 46.8. The van der Waals surface area contributed by atoms with Crippen molar-refractivity contribution >= 4 is 23.8 Å². The van der Waals surface area contributed by atoms with Gasteiger partial charge in [0.2, 0.25) is 5.91 Å². The third-order valence-corrected chi connectivity index (χ3v) is 14.3. The van der Waals surface area contributed by atoms with Gasteiger partial charge in [0.1, 0.15) is 0 Å². The molecule has 0 aromatic rings. The highest BCUT2D eigenvalue weighted by atomic mass is 16.5. The number of amides is 1. The highest BCUT2D eigenvalue weighted by Gasteiger charge is 2.23. The number of nitrogens with one attached hydrogen (secondary N) is 1. The van der Waals surface area contributed by atoms with E-state index in [-0.39, 0.29) is 29.9 Å². The number of carbonyl (C=O) groups excluding carboxylic acids is 4. The Bertz CT molecular complexity index is 1090. The molecule has 9 heteroatoms. The molecular weight excluding hydrogens is 861 g/mol. The summed E-state index contributed by atoms with van der Waals surface area (Å²) < 4.78 is 16.9. The first kappa shape index (κ1) is 66.8. The first-order valence-corrected chi connectivity index (χ1v) is 30.2. The van der Waals surface area contributed by atoms with E-state index in [9.17, 15) is 19.2 Å². The number of nitrogens with zero attached hydrogens (tertiary/aromatic N) is 1. The quantitative estimate of drug-likeness (QED) is 0.0364. The number of rotatable bonds is 54. The monoisotopic (exact) mass is 977 g/mol. The van der Waals surface area contributed by atoms with Crippen molar-refractivity contribution in [2.45, 2.75) is 310 Å². The molecule has 2 unspecified atom stereocenters. The molecule has 0 aliphatic rings. The van der Waals surface area contributed by atoms with Crippen molar-refractivity contribution in [3.63, 3.8) is 0 Å². The Morgan fingerprint density at radius 1 is 0.377 bits per heavy atom. The van der Waals surface area contributed by atoms with Gasteiger partial charge in [0.25, 0.3) is 0 Å². The summed E-state index contributed by atoms with van der Waals surface area (Å²) in [4.78, 5) is 53.9. The van der Waals surface area contributed by atoms with E-state index in [0.717, 1.165) is 129 Å². The number of hydrogen-bond donors (Lipinski definition) is 1. The van der Waals surface area contributed by atoms with Crippen LogP contribution in [0.1, 0.15) is 304 Å². The summed E-state index contributed by atoms with van der Waals surface area (Å²) in [7, 11) is 1.97. The molecule has 0 fully saturated rings. The minimum atomic E-state index is -0.123. The number of unbranched alkanes of at least 4 members (excludes halogenated alkanes) is 24. The molecule has 0 aromatic heterocycles. The van der Waals surface area contributed by atoms with Crippen molar-refractivity contribution in [3.8, 4) is 0 Å². The molecule has 0 spiro atoms. The van der Waals surface area contributed by atoms with Gasteiger partial charge < -0.3 is 24.4 Å². The fourth-order valence-electron chi connectivity index (χ4n) is 9.83. The predicted molar refractivity (Wildman–Crippen MR) is 292 cm³/mol. The lowest BCUT2D eigenvalue weighted by Crippen LogP contribution is -2.41. The molecule has 1 amide bonds.